The van der Waals surface area contributed by atoms with E-state index in [0.717, 1.165) is 5.56 Å². The van der Waals surface area contributed by atoms with Crippen LogP contribution in [0.2, 0.25) is 0 Å². The van der Waals surface area contributed by atoms with Crippen LogP contribution in [-0.4, -0.2) is 22.8 Å². The molecule has 0 fully saturated rings. The van der Waals surface area contributed by atoms with Crippen LogP contribution in [0.4, 0.5) is 4.39 Å². The molecule has 0 spiro atoms. The molecule has 0 N–H and O–H groups in total. The first kappa shape index (κ1) is 18.1. The molecule has 5 nitrogen and oxygen atoms in total. The lowest BCUT2D eigenvalue weighted by molar-refractivity contribution is 0.171. The number of benzene rings is 3. The molecular formula is C24H17FN2O3. The number of aromatic nitrogens is 2. The van der Waals surface area contributed by atoms with Crippen LogP contribution in [0.1, 0.15) is 11.4 Å². The molecule has 6 heteroatoms. The lowest BCUT2D eigenvalue weighted by Crippen LogP contribution is -2.22. The van der Waals surface area contributed by atoms with Crippen LogP contribution in [0.5, 0.6) is 11.5 Å². The minimum absolute atomic E-state index is 0.214. The van der Waals surface area contributed by atoms with E-state index in [2.05, 4.69) is 4.98 Å². The standard InChI is InChI=1S/C24H17FN2O3/c25-17-7-9-18(10-8-17)27-23(26-20-4-2-1-3-19(20)24(27)28)12-6-16-5-11-21-22(15-16)30-14-13-29-21/h1-12,15H,13-14H2. The lowest BCUT2D eigenvalue weighted by Gasteiger charge is -2.18. The molecular weight excluding hydrogens is 383 g/mol. The van der Waals surface area contributed by atoms with E-state index < -0.39 is 0 Å². The van der Waals surface area contributed by atoms with Gasteiger partial charge in [-0.25, -0.2) is 9.37 Å². The zero-order valence-electron chi connectivity index (χ0n) is 15.9. The molecule has 1 aliphatic heterocycles. The van der Waals surface area contributed by atoms with Crippen LogP contribution in [0, 0.1) is 5.82 Å². The molecule has 2 heterocycles. The molecule has 148 valence electrons. The maximum absolute atomic E-state index is 13.4. The average molecular weight is 400 g/mol. The van der Waals surface area contributed by atoms with Crippen molar-refractivity contribution in [3.63, 3.8) is 0 Å². The summed E-state index contributed by atoms with van der Waals surface area (Å²) in [6.45, 7) is 1.05. The monoisotopic (exact) mass is 400 g/mol. The zero-order chi connectivity index (χ0) is 20.5. The number of ether oxygens (including phenoxy) is 2. The molecule has 0 atom stereocenters. The summed E-state index contributed by atoms with van der Waals surface area (Å²) in [5.74, 6) is 1.48. The van der Waals surface area contributed by atoms with Gasteiger partial charge in [-0.1, -0.05) is 24.3 Å². The van der Waals surface area contributed by atoms with Gasteiger partial charge in [-0.3, -0.25) is 9.36 Å². The van der Waals surface area contributed by atoms with E-state index in [1.807, 2.05) is 30.3 Å². The Hall–Kier alpha value is -3.93. The van der Waals surface area contributed by atoms with Gasteiger partial charge in [-0.05, 0) is 60.2 Å². The topological polar surface area (TPSA) is 53.4 Å². The van der Waals surface area contributed by atoms with Gasteiger partial charge in [0, 0.05) is 0 Å². The second-order valence-corrected chi connectivity index (χ2v) is 6.84. The predicted molar refractivity (Wildman–Crippen MR) is 114 cm³/mol. The van der Waals surface area contributed by atoms with E-state index in [0.29, 0.717) is 47.1 Å². The Kier molecular flexibility index (Phi) is 4.52. The number of halogens is 1. The maximum Gasteiger partial charge on any atom is 0.266 e. The Morgan fingerprint density at radius 1 is 0.900 bits per heavy atom. The second-order valence-electron chi connectivity index (χ2n) is 6.84. The summed E-state index contributed by atoms with van der Waals surface area (Å²) >= 11 is 0. The Labute approximate surface area is 171 Å². The van der Waals surface area contributed by atoms with Crippen molar-refractivity contribution in [2.75, 3.05) is 13.2 Å². The number of hydrogen-bond donors (Lipinski definition) is 0. The quantitative estimate of drug-likeness (QED) is 0.509. The first-order chi connectivity index (χ1) is 14.7. The van der Waals surface area contributed by atoms with Crippen LogP contribution >= 0.6 is 0 Å². The first-order valence-electron chi connectivity index (χ1n) is 9.54. The van der Waals surface area contributed by atoms with Crippen molar-refractivity contribution in [2.45, 2.75) is 0 Å². The normalized spacial score (nSPS) is 13.1. The number of para-hydroxylation sites is 1. The molecule has 0 bridgehead atoms. The van der Waals surface area contributed by atoms with E-state index in [-0.39, 0.29) is 11.4 Å². The van der Waals surface area contributed by atoms with Crippen LogP contribution in [0.15, 0.2) is 71.5 Å². The molecule has 0 unspecified atom stereocenters. The van der Waals surface area contributed by atoms with Crippen molar-refractivity contribution < 1.29 is 13.9 Å². The lowest BCUT2D eigenvalue weighted by atomic mass is 10.1. The molecule has 4 aromatic rings. The van der Waals surface area contributed by atoms with Crippen molar-refractivity contribution in [1.29, 1.82) is 0 Å². The Bertz CT molecular complexity index is 1330. The molecule has 0 radical (unpaired) electrons. The summed E-state index contributed by atoms with van der Waals surface area (Å²) in [7, 11) is 0. The summed E-state index contributed by atoms with van der Waals surface area (Å²) in [6, 6.07) is 18.6. The summed E-state index contributed by atoms with van der Waals surface area (Å²) in [6.07, 6.45) is 3.62. The van der Waals surface area contributed by atoms with Gasteiger partial charge in [-0.15, -0.1) is 0 Å². The van der Waals surface area contributed by atoms with E-state index in [9.17, 15) is 9.18 Å². The van der Waals surface area contributed by atoms with Crippen molar-refractivity contribution in [3.05, 3.63) is 94.3 Å². The van der Waals surface area contributed by atoms with Crippen molar-refractivity contribution in [3.8, 4) is 17.2 Å². The fourth-order valence-electron chi connectivity index (χ4n) is 3.44. The zero-order valence-corrected chi connectivity index (χ0v) is 15.9. The van der Waals surface area contributed by atoms with Gasteiger partial charge in [0.05, 0.1) is 16.6 Å². The second kappa shape index (κ2) is 7.48. The van der Waals surface area contributed by atoms with E-state index in [1.165, 1.54) is 16.7 Å². The molecule has 1 aromatic heterocycles. The van der Waals surface area contributed by atoms with Gasteiger partial charge in [-0.2, -0.15) is 0 Å². The van der Waals surface area contributed by atoms with Crippen molar-refractivity contribution >= 4 is 23.1 Å². The summed E-state index contributed by atoms with van der Waals surface area (Å²) in [5, 5.41) is 0.498. The highest BCUT2D eigenvalue weighted by molar-refractivity contribution is 5.80. The molecule has 3 aromatic carbocycles. The molecule has 0 aliphatic carbocycles. The van der Waals surface area contributed by atoms with Crippen molar-refractivity contribution in [1.82, 2.24) is 9.55 Å². The van der Waals surface area contributed by atoms with Gasteiger partial charge in [0.1, 0.15) is 24.9 Å². The van der Waals surface area contributed by atoms with Gasteiger partial charge in [0.2, 0.25) is 0 Å². The van der Waals surface area contributed by atoms with Gasteiger partial charge in [0.25, 0.3) is 5.56 Å². The average Bonchev–Trinajstić information content (AvgIpc) is 2.78. The summed E-state index contributed by atoms with van der Waals surface area (Å²) in [4.78, 5) is 17.9. The van der Waals surface area contributed by atoms with E-state index in [4.69, 9.17) is 9.47 Å². The van der Waals surface area contributed by atoms with Crippen molar-refractivity contribution in [2.24, 2.45) is 0 Å². The fraction of sp³-hybridized carbons (Fsp3) is 0.0833. The number of fused-ring (bicyclic) bond motifs is 2. The molecule has 0 saturated carbocycles. The Morgan fingerprint density at radius 2 is 1.67 bits per heavy atom. The summed E-state index contributed by atoms with van der Waals surface area (Å²) < 4.78 is 26.1. The minimum atomic E-state index is -0.367. The molecule has 0 saturated heterocycles. The highest BCUT2D eigenvalue weighted by atomic mass is 19.1. The molecule has 30 heavy (non-hydrogen) atoms. The highest BCUT2D eigenvalue weighted by Gasteiger charge is 2.13. The smallest absolute Gasteiger partial charge is 0.266 e. The number of rotatable bonds is 3. The van der Waals surface area contributed by atoms with Crippen LogP contribution in [0.3, 0.4) is 0 Å². The first-order valence-corrected chi connectivity index (χ1v) is 9.54. The third kappa shape index (κ3) is 3.33. The Balaban J connectivity index is 1.64. The van der Waals surface area contributed by atoms with Gasteiger partial charge >= 0.3 is 0 Å². The molecule has 5 rings (SSSR count). The minimum Gasteiger partial charge on any atom is -0.486 e. The van der Waals surface area contributed by atoms with Crippen LogP contribution in [0.25, 0.3) is 28.7 Å². The third-order valence-electron chi connectivity index (χ3n) is 4.88. The predicted octanol–water partition coefficient (Wildman–Crippen LogP) is 4.47. The molecule has 1 aliphatic rings. The molecule has 0 amide bonds. The van der Waals surface area contributed by atoms with E-state index in [1.54, 1.807) is 36.4 Å². The van der Waals surface area contributed by atoms with Gasteiger partial charge in [0.15, 0.2) is 11.5 Å². The largest absolute Gasteiger partial charge is 0.486 e. The fourth-order valence-corrected chi connectivity index (χ4v) is 3.44. The number of hydrogen-bond acceptors (Lipinski definition) is 4. The number of nitrogens with zero attached hydrogens (tertiary/aromatic N) is 2. The highest BCUT2D eigenvalue weighted by Crippen LogP contribution is 2.31. The summed E-state index contributed by atoms with van der Waals surface area (Å²) in [5.41, 5.74) is 1.81. The maximum atomic E-state index is 13.4. The van der Waals surface area contributed by atoms with E-state index >= 15 is 0 Å². The third-order valence-corrected chi connectivity index (χ3v) is 4.88. The Morgan fingerprint density at radius 3 is 2.50 bits per heavy atom. The van der Waals surface area contributed by atoms with Gasteiger partial charge < -0.3 is 9.47 Å². The van der Waals surface area contributed by atoms with Crippen LogP contribution in [-0.2, 0) is 0 Å². The SMILES string of the molecule is O=c1c2ccccc2nc(C=Cc2ccc3c(c2)OCCO3)n1-c1ccc(F)cc1. The van der Waals surface area contributed by atoms with Crippen LogP contribution < -0.4 is 15.0 Å².